The summed E-state index contributed by atoms with van der Waals surface area (Å²) in [6, 6.07) is 4.95. The fraction of sp³-hybridized carbons (Fsp3) is 0.385. The number of hydrogen-bond donors (Lipinski definition) is 2. The van der Waals surface area contributed by atoms with E-state index in [4.69, 9.17) is 5.11 Å². The maximum absolute atomic E-state index is 12.9. The summed E-state index contributed by atoms with van der Waals surface area (Å²) in [5.74, 6) is -0.793. The number of aliphatic hydroxyl groups is 1. The summed E-state index contributed by atoms with van der Waals surface area (Å²) < 4.78 is 12.9. The highest BCUT2D eigenvalue weighted by Gasteiger charge is 2.48. The minimum atomic E-state index is -1.18. The van der Waals surface area contributed by atoms with Crippen LogP contribution in [0.25, 0.3) is 0 Å². The molecule has 1 heterocycles. The number of urea groups is 1. The van der Waals surface area contributed by atoms with Crippen molar-refractivity contribution in [1.29, 1.82) is 0 Å². The van der Waals surface area contributed by atoms with Crippen LogP contribution in [0.15, 0.2) is 24.3 Å². The molecule has 1 aliphatic rings. The predicted molar refractivity (Wildman–Crippen MR) is 65.7 cm³/mol. The van der Waals surface area contributed by atoms with Crippen molar-refractivity contribution in [3.05, 3.63) is 35.6 Å². The number of benzene rings is 1. The average Bonchev–Trinajstić information content (AvgIpc) is 2.60. The molecule has 2 N–H and O–H groups in total. The Hall–Kier alpha value is -1.95. The summed E-state index contributed by atoms with van der Waals surface area (Å²) >= 11 is 0. The Kier molecular flexibility index (Phi) is 3.53. The molecule has 1 aromatic rings. The van der Waals surface area contributed by atoms with Gasteiger partial charge in [-0.05, 0) is 31.0 Å². The largest absolute Gasteiger partial charge is 0.396 e. The van der Waals surface area contributed by atoms with Crippen molar-refractivity contribution < 1.29 is 19.1 Å². The van der Waals surface area contributed by atoms with Gasteiger partial charge in [0.1, 0.15) is 11.4 Å². The highest BCUT2D eigenvalue weighted by atomic mass is 19.1. The molecule has 1 saturated heterocycles. The van der Waals surface area contributed by atoms with Crippen LogP contribution in [0.1, 0.15) is 18.9 Å². The van der Waals surface area contributed by atoms with Crippen molar-refractivity contribution in [3.8, 4) is 0 Å². The molecule has 1 unspecified atom stereocenters. The van der Waals surface area contributed by atoms with Crippen LogP contribution in [0, 0.1) is 5.82 Å². The third-order valence-electron chi connectivity index (χ3n) is 3.24. The highest BCUT2D eigenvalue weighted by Crippen LogP contribution is 2.28. The van der Waals surface area contributed by atoms with Crippen molar-refractivity contribution >= 4 is 11.9 Å². The fourth-order valence-corrected chi connectivity index (χ4v) is 2.11. The van der Waals surface area contributed by atoms with Crippen LogP contribution in [-0.2, 0) is 10.3 Å². The molecule has 0 saturated carbocycles. The Morgan fingerprint density at radius 2 is 1.95 bits per heavy atom. The first-order valence-corrected chi connectivity index (χ1v) is 6.00. The molecule has 1 aliphatic heterocycles. The van der Waals surface area contributed by atoms with E-state index in [2.05, 4.69) is 5.32 Å². The topological polar surface area (TPSA) is 69.6 Å². The molecule has 1 fully saturated rings. The van der Waals surface area contributed by atoms with E-state index in [9.17, 15) is 14.0 Å². The molecule has 6 heteroatoms. The highest BCUT2D eigenvalue weighted by molar-refractivity contribution is 6.07. The number of halogens is 1. The van der Waals surface area contributed by atoms with Gasteiger partial charge in [-0.2, -0.15) is 0 Å². The van der Waals surface area contributed by atoms with Gasteiger partial charge in [0.15, 0.2) is 0 Å². The number of carbonyl (C=O) groups is 2. The molecule has 1 atom stereocenters. The standard InChI is InChI=1S/C13H15FN2O3/c1-13(9-3-5-10(14)6-4-9)11(18)16(7-2-8-17)12(19)15-13/h3-6,17H,2,7-8H2,1H3,(H,15,19). The first kappa shape index (κ1) is 13.5. The number of hydrogen-bond acceptors (Lipinski definition) is 3. The summed E-state index contributed by atoms with van der Waals surface area (Å²) in [6.45, 7) is 1.65. The smallest absolute Gasteiger partial charge is 0.325 e. The summed E-state index contributed by atoms with van der Waals surface area (Å²) in [6.07, 6.45) is 0.332. The Morgan fingerprint density at radius 3 is 2.53 bits per heavy atom. The molecule has 0 radical (unpaired) electrons. The number of carbonyl (C=O) groups excluding carboxylic acids is 2. The number of rotatable bonds is 4. The van der Waals surface area contributed by atoms with E-state index in [1.807, 2.05) is 0 Å². The Morgan fingerprint density at radius 1 is 1.32 bits per heavy atom. The van der Waals surface area contributed by atoms with Crippen LogP contribution in [0.2, 0.25) is 0 Å². The second-order valence-electron chi connectivity index (χ2n) is 4.60. The molecule has 0 bridgehead atoms. The molecular weight excluding hydrogens is 251 g/mol. The molecule has 3 amide bonds. The minimum Gasteiger partial charge on any atom is -0.396 e. The Balaban J connectivity index is 2.27. The fourth-order valence-electron chi connectivity index (χ4n) is 2.11. The maximum atomic E-state index is 12.9. The third-order valence-corrected chi connectivity index (χ3v) is 3.24. The van der Waals surface area contributed by atoms with Crippen LogP contribution in [-0.4, -0.2) is 35.1 Å². The van der Waals surface area contributed by atoms with Crippen LogP contribution in [0.4, 0.5) is 9.18 Å². The lowest BCUT2D eigenvalue weighted by Crippen LogP contribution is -2.41. The van der Waals surface area contributed by atoms with Gasteiger partial charge < -0.3 is 10.4 Å². The molecule has 1 aromatic carbocycles. The predicted octanol–water partition coefficient (Wildman–Crippen LogP) is 0.975. The zero-order valence-corrected chi connectivity index (χ0v) is 10.5. The zero-order chi connectivity index (χ0) is 14.0. The lowest BCUT2D eigenvalue weighted by atomic mass is 9.92. The van der Waals surface area contributed by atoms with Crippen molar-refractivity contribution in [1.82, 2.24) is 10.2 Å². The monoisotopic (exact) mass is 266 g/mol. The number of aliphatic hydroxyl groups excluding tert-OH is 1. The van der Waals surface area contributed by atoms with Crippen molar-refractivity contribution in [2.75, 3.05) is 13.2 Å². The third kappa shape index (κ3) is 2.31. The molecule has 2 rings (SSSR count). The van der Waals surface area contributed by atoms with Crippen LogP contribution in [0.5, 0.6) is 0 Å². The van der Waals surface area contributed by atoms with E-state index < -0.39 is 23.3 Å². The van der Waals surface area contributed by atoms with Gasteiger partial charge >= 0.3 is 6.03 Å². The van der Waals surface area contributed by atoms with Gasteiger partial charge in [-0.1, -0.05) is 12.1 Å². The average molecular weight is 266 g/mol. The van der Waals surface area contributed by atoms with E-state index in [0.29, 0.717) is 12.0 Å². The second kappa shape index (κ2) is 4.97. The van der Waals surface area contributed by atoms with Gasteiger partial charge in [0.2, 0.25) is 0 Å². The van der Waals surface area contributed by atoms with Gasteiger partial charge in [0.05, 0.1) is 0 Å². The second-order valence-corrected chi connectivity index (χ2v) is 4.60. The summed E-state index contributed by atoms with van der Waals surface area (Å²) in [5.41, 5.74) is -0.654. The van der Waals surface area contributed by atoms with Gasteiger partial charge in [-0.15, -0.1) is 0 Å². The van der Waals surface area contributed by atoms with Gasteiger partial charge in [0.25, 0.3) is 5.91 Å². The van der Waals surface area contributed by atoms with Crippen molar-refractivity contribution in [3.63, 3.8) is 0 Å². The van der Waals surface area contributed by atoms with Crippen molar-refractivity contribution in [2.24, 2.45) is 0 Å². The SMILES string of the molecule is CC1(c2ccc(F)cc2)NC(=O)N(CCCO)C1=O. The van der Waals surface area contributed by atoms with E-state index in [1.54, 1.807) is 6.92 Å². The minimum absolute atomic E-state index is 0.0929. The molecule has 0 aliphatic carbocycles. The lowest BCUT2D eigenvalue weighted by molar-refractivity contribution is -0.131. The van der Waals surface area contributed by atoms with E-state index >= 15 is 0 Å². The van der Waals surface area contributed by atoms with E-state index in [0.717, 1.165) is 4.90 Å². The number of amides is 3. The molecule has 0 spiro atoms. The quantitative estimate of drug-likeness (QED) is 0.798. The number of imide groups is 1. The number of nitrogens with zero attached hydrogens (tertiary/aromatic N) is 1. The van der Waals surface area contributed by atoms with E-state index in [1.165, 1.54) is 24.3 Å². The van der Waals surface area contributed by atoms with Gasteiger partial charge in [-0.3, -0.25) is 9.69 Å². The Bertz CT molecular complexity index is 503. The van der Waals surface area contributed by atoms with Crippen LogP contribution < -0.4 is 5.32 Å². The summed E-state index contributed by atoms with van der Waals surface area (Å²) in [7, 11) is 0. The van der Waals surface area contributed by atoms with Gasteiger partial charge in [-0.25, -0.2) is 9.18 Å². The summed E-state index contributed by atoms with van der Waals surface area (Å²) in [5, 5.41) is 11.4. The van der Waals surface area contributed by atoms with Crippen LogP contribution in [0.3, 0.4) is 0 Å². The molecule has 102 valence electrons. The zero-order valence-electron chi connectivity index (χ0n) is 10.5. The maximum Gasteiger partial charge on any atom is 0.325 e. The summed E-state index contributed by atoms with van der Waals surface area (Å²) in [4.78, 5) is 25.1. The number of nitrogens with one attached hydrogen (secondary N) is 1. The van der Waals surface area contributed by atoms with Gasteiger partial charge in [0, 0.05) is 13.2 Å². The first-order valence-electron chi connectivity index (χ1n) is 6.00. The lowest BCUT2D eigenvalue weighted by Gasteiger charge is -2.22. The van der Waals surface area contributed by atoms with E-state index in [-0.39, 0.29) is 13.2 Å². The molecule has 0 aromatic heterocycles. The van der Waals surface area contributed by atoms with Crippen LogP contribution >= 0.6 is 0 Å². The Labute approximate surface area is 110 Å². The molecular formula is C13H15FN2O3. The van der Waals surface area contributed by atoms with Crippen molar-refractivity contribution in [2.45, 2.75) is 18.9 Å². The normalized spacial score (nSPS) is 22.8. The molecule has 5 nitrogen and oxygen atoms in total. The molecule has 19 heavy (non-hydrogen) atoms. The first-order chi connectivity index (χ1) is 8.99.